The summed E-state index contributed by atoms with van der Waals surface area (Å²) in [5.74, 6) is -2.10. The molecule has 0 amide bonds. The van der Waals surface area contributed by atoms with Gasteiger partial charge in [0.15, 0.2) is 5.78 Å². The van der Waals surface area contributed by atoms with Crippen molar-refractivity contribution in [3.8, 4) is 5.75 Å². The Bertz CT molecular complexity index is 429. The minimum Gasteiger partial charge on any atom is -0.506 e. The summed E-state index contributed by atoms with van der Waals surface area (Å²) in [4.78, 5) is 11.2. The number of phenols is 1. The molecule has 0 aliphatic rings. The fourth-order valence-corrected chi connectivity index (χ4v) is 1.41. The van der Waals surface area contributed by atoms with Crippen molar-refractivity contribution in [3.05, 3.63) is 28.3 Å². The Morgan fingerprint density at radius 1 is 1.38 bits per heavy atom. The molecule has 0 aliphatic heterocycles. The van der Waals surface area contributed by atoms with E-state index in [9.17, 15) is 18.0 Å². The van der Waals surface area contributed by atoms with Gasteiger partial charge in [0.05, 0.1) is 16.5 Å². The Labute approximate surface area is 98.6 Å². The highest BCUT2D eigenvalue weighted by molar-refractivity contribution is 6.38. The molecule has 0 unspecified atom stereocenters. The van der Waals surface area contributed by atoms with Crippen LogP contribution < -0.4 is 0 Å². The predicted octanol–water partition coefficient (Wildman–Crippen LogP) is 3.49. The number of benzene rings is 1. The number of ketones is 1. The van der Waals surface area contributed by atoms with E-state index in [1.54, 1.807) is 0 Å². The van der Waals surface area contributed by atoms with E-state index >= 15 is 0 Å². The lowest BCUT2D eigenvalue weighted by Gasteiger charge is -2.10. The van der Waals surface area contributed by atoms with Crippen molar-refractivity contribution >= 4 is 29.0 Å². The molecule has 0 spiro atoms. The average Bonchev–Trinajstić information content (AvgIpc) is 2.19. The fraction of sp³-hybridized carbons (Fsp3) is 0.222. The van der Waals surface area contributed by atoms with Gasteiger partial charge in [-0.1, -0.05) is 11.6 Å². The van der Waals surface area contributed by atoms with E-state index in [1.165, 1.54) is 0 Å². The van der Waals surface area contributed by atoms with Crippen LogP contribution in [0, 0.1) is 0 Å². The number of aromatic hydroxyl groups is 1. The molecule has 1 rings (SSSR count). The van der Waals surface area contributed by atoms with Crippen molar-refractivity contribution < 1.29 is 23.1 Å². The third-order valence-corrected chi connectivity index (χ3v) is 2.44. The summed E-state index contributed by atoms with van der Waals surface area (Å²) in [5, 5.41) is 8.73. The highest BCUT2D eigenvalue weighted by atomic mass is 35.5. The maximum Gasteiger partial charge on any atom is 0.416 e. The van der Waals surface area contributed by atoms with E-state index in [0.717, 1.165) is 0 Å². The van der Waals surface area contributed by atoms with Crippen molar-refractivity contribution in [3.63, 3.8) is 0 Å². The molecule has 0 fully saturated rings. The van der Waals surface area contributed by atoms with Crippen molar-refractivity contribution in [1.29, 1.82) is 0 Å². The molecule has 0 heterocycles. The van der Waals surface area contributed by atoms with E-state index in [4.69, 9.17) is 28.3 Å². The minimum atomic E-state index is -4.66. The van der Waals surface area contributed by atoms with E-state index in [-0.39, 0.29) is 0 Å². The molecule has 0 bridgehead atoms. The fourth-order valence-electron chi connectivity index (χ4n) is 1.05. The van der Waals surface area contributed by atoms with Gasteiger partial charge in [0.2, 0.25) is 0 Å². The van der Waals surface area contributed by atoms with Crippen molar-refractivity contribution in [2.45, 2.75) is 6.18 Å². The summed E-state index contributed by atoms with van der Waals surface area (Å²) in [6, 6.07) is 1.01. The first-order chi connectivity index (χ1) is 7.27. The second-order valence-corrected chi connectivity index (χ2v) is 3.56. The summed E-state index contributed by atoms with van der Waals surface area (Å²) >= 11 is 10.7. The number of hydrogen-bond acceptors (Lipinski definition) is 2. The molecule has 0 aliphatic carbocycles. The van der Waals surface area contributed by atoms with Gasteiger partial charge in [-0.15, -0.1) is 11.6 Å². The molecule has 0 saturated heterocycles. The Morgan fingerprint density at radius 3 is 2.38 bits per heavy atom. The van der Waals surface area contributed by atoms with E-state index < -0.39 is 39.7 Å². The molecule has 1 aromatic rings. The zero-order valence-corrected chi connectivity index (χ0v) is 9.12. The smallest absolute Gasteiger partial charge is 0.416 e. The van der Waals surface area contributed by atoms with Crippen LogP contribution in [0.3, 0.4) is 0 Å². The number of carbonyl (C=O) groups excluding carboxylic acids is 1. The number of Topliss-reactive ketones (excluding diaryl/α,β-unsaturated/α-hetero) is 1. The molecule has 7 heteroatoms. The van der Waals surface area contributed by atoms with Gasteiger partial charge in [0.1, 0.15) is 5.75 Å². The molecule has 0 aromatic heterocycles. The monoisotopic (exact) mass is 272 g/mol. The molecule has 0 atom stereocenters. The van der Waals surface area contributed by atoms with Gasteiger partial charge >= 0.3 is 6.18 Å². The van der Waals surface area contributed by atoms with Crippen molar-refractivity contribution in [2.75, 3.05) is 5.88 Å². The number of halogens is 5. The van der Waals surface area contributed by atoms with E-state index in [1.807, 2.05) is 0 Å². The Morgan fingerprint density at radius 2 is 1.94 bits per heavy atom. The normalized spacial score (nSPS) is 11.6. The zero-order valence-electron chi connectivity index (χ0n) is 7.61. The maximum atomic E-state index is 12.3. The van der Waals surface area contributed by atoms with Gasteiger partial charge in [-0.3, -0.25) is 4.79 Å². The van der Waals surface area contributed by atoms with Crippen molar-refractivity contribution in [2.24, 2.45) is 0 Å². The molecule has 88 valence electrons. The van der Waals surface area contributed by atoms with Crippen LogP contribution in [0.15, 0.2) is 12.1 Å². The number of rotatable bonds is 2. The number of carbonyl (C=O) groups is 1. The van der Waals surface area contributed by atoms with Gasteiger partial charge in [0, 0.05) is 5.56 Å². The van der Waals surface area contributed by atoms with Crippen LogP contribution in [-0.4, -0.2) is 16.8 Å². The first-order valence-corrected chi connectivity index (χ1v) is 4.87. The van der Waals surface area contributed by atoms with Gasteiger partial charge in [0.25, 0.3) is 0 Å². The van der Waals surface area contributed by atoms with Crippen LogP contribution in [0.4, 0.5) is 13.2 Å². The van der Waals surface area contributed by atoms with Gasteiger partial charge in [-0.2, -0.15) is 13.2 Å². The van der Waals surface area contributed by atoms with Gasteiger partial charge < -0.3 is 5.11 Å². The third kappa shape index (κ3) is 2.59. The van der Waals surface area contributed by atoms with Crippen LogP contribution in [0.5, 0.6) is 5.75 Å². The third-order valence-electron chi connectivity index (χ3n) is 1.80. The number of phenolic OH excluding ortho intramolecular Hbond substituents is 1. The number of hydrogen-bond donors (Lipinski definition) is 1. The lowest BCUT2D eigenvalue weighted by atomic mass is 10.1. The molecular formula is C9H5Cl2F3O2. The highest BCUT2D eigenvalue weighted by Crippen LogP contribution is 2.37. The quantitative estimate of drug-likeness (QED) is 0.661. The summed E-state index contributed by atoms with van der Waals surface area (Å²) in [6.45, 7) is 0. The molecule has 16 heavy (non-hydrogen) atoms. The second-order valence-electron chi connectivity index (χ2n) is 2.91. The second kappa shape index (κ2) is 4.51. The predicted molar refractivity (Wildman–Crippen MR) is 53.2 cm³/mol. The number of alkyl halides is 4. The molecule has 1 N–H and O–H groups in total. The van der Waals surface area contributed by atoms with Crippen LogP contribution in [0.25, 0.3) is 0 Å². The topological polar surface area (TPSA) is 37.3 Å². The van der Waals surface area contributed by atoms with E-state index in [0.29, 0.717) is 12.1 Å². The maximum absolute atomic E-state index is 12.3. The summed E-state index contributed by atoms with van der Waals surface area (Å²) < 4.78 is 37.0. The lowest BCUT2D eigenvalue weighted by Crippen LogP contribution is -2.09. The summed E-state index contributed by atoms with van der Waals surface area (Å²) in [7, 11) is 0. The van der Waals surface area contributed by atoms with Crippen LogP contribution in [0.1, 0.15) is 15.9 Å². The van der Waals surface area contributed by atoms with Crippen LogP contribution in [0.2, 0.25) is 5.02 Å². The molecule has 1 aromatic carbocycles. The summed E-state index contributed by atoms with van der Waals surface area (Å²) in [5.41, 5.74) is -1.59. The Hall–Kier alpha value is -0.940. The van der Waals surface area contributed by atoms with Gasteiger partial charge in [-0.05, 0) is 12.1 Å². The SMILES string of the molecule is O=C(CCl)c1cc(C(F)(F)F)cc(O)c1Cl. The zero-order chi connectivity index (χ0) is 12.5. The van der Waals surface area contributed by atoms with Crippen LogP contribution >= 0.6 is 23.2 Å². The van der Waals surface area contributed by atoms with E-state index in [2.05, 4.69) is 0 Å². The molecule has 0 radical (unpaired) electrons. The van der Waals surface area contributed by atoms with Crippen LogP contribution in [-0.2, 0) is 6.18 Å². The standard InChI is InChI=1S/C9H5Cl2F3O2/c10-3-7(16)5-1-4(9(12,13)14)2-6(15)8(5)11/h1-2,15H,3H2. The lowest BCUT2D eigenvalue weighted by molar-refractivity contribution is -0.137. The Kier molecular flexibility index (Phi) is 3.70. The minimum absolute atomic E-state index is 0.432. The highest BCUT2D eigenvalue weighted by Gasteiger charge is 2.32. The molecule has 0 saturated carbocycles. The van der Waals surface area contributed by atoms with Crippen molar-refractivity contribution in [1.82, 2.24) is 0 Å². The first kappa shape index (κ1) is 13.1. The molecular weight excluding hydrogens is 268 g/mol. The van der Waals surface area contributed by atoms with Gasteiger partial charge in [-0.25, -0.2) is 0 Å². The largest absolute Gasteiger partial charge is 0.506 e. The molecule has 2 nitrogen and oxygen atoms in total. The average molecular weight is 273 g/mol. The Balaban J connectivity index is 3.39. The first-order valence-electron chi connectivity index (χ1n) is 3.96. The summed E-state index contributed by atoms with van der Waals surface area (Å²) in [6.07, 6.45) is -4.66.